The first-order valence-electron chi connectivity index (χ1n) is 9.11. The van der Waals surface area contributed by atoms with E-state index in [9.17, 15) is 4.79 Å². The summed E-state index contributed by atoms with van der Waals surface area (Å²) in [5, 5.41) is 2.00. The largest absolute Gasteiger partial charge is 0.423 e. The number of benzene rings is 2. The maximum atomic E-state index is 11.4. The average molecular weight is 377 g/mol. The first-order chi connectivity index (χ1) is 13.3. The van der Waals surface area contributed by atoms with Crippen LogP contribution in [0.4, 0.5) is 5.13 Å². The standard InChI is InChI=1S/C21H19N3O2S/c25-19-9-6-16-18(26-19)8-7-17-20(16)27-21(22-17)24-12-10-23(11-13-24)14-15-4-2-1-3-5-15/h1-9H,10-14H2. The zero-order chi connectivity index (χ0) is 18.2. The molecule has 0 unspecified atom stereocenters. The van der Waals surface area contributed by atoms with Crippen molar-refractivity contribution in [3.8, 4) is 0 Å². The number of aromatic nitrogens is 1. The highest BCUT2D eigenvalue weighted by atomic mass is 32.1. The first-order valence-corrected chi connectivity index (χ1v) is 9.92. The van der Waals surface area contributed by atoms with Crippen LogP contribution in [0.25, 0.3) is 21.2 Å². The van der Waals surface area contributed by atoms with Crippen molar-refractivity contribution in [2.75, 3.05) is 31.1 Å². The highest BCUT2D eigenvalue weighted by Gasteiger charge is 2.20. The Morgan fingerprint density at radius 1 is 0.963 bits per heavy atom. The lowest BCUT2D eigenvalue weighted by Crippen LogP contribution is -2.45. The Labute approximate surface area is 160 Å². The molecule has 2 aromatic carbocycles. The van der Waals surface area contributed by atoms with Gasteiger partial charge in [0, 0.05) is 44.2 Å². The SMILES string of the molecule is O=c1ccc2c(ccc3nc(N4CCN(Cc5ccccc5)CC4)sc32)o1. The Hall–Kier alpha value is -2.70. The normalized spacial score (nSPS) is 15.6. The van der Waals surface area contributed by atoms with Crippen LogP contribution in [-0.2, 0) is 6.54 Å². The Kier molecular flexibility index (Phi) is 4.14. The number of thiazole rings is 1. The fourth-order valence-electron chi connectivity index (χ4n) is 3.60. The smallest absolute Gasteiger partial charge is 0.336 e. The van der Waals surface area contributed by atoms with Crippen molar-refractivity contribution in [1.82, 2.24) is 9.88 Å². The highest BCUT2D eigenvalue weighted by Crippen LogP contribution is 2.34. The van der Waals surface area contributed by atoms with Gasteiger partial charge < -0.3 is 9.32 Å². The van der Waals surface area contributed by atoms with Gasteiger partial charge in [0.25, 0.3) is 0 Å². The van der Waals surface area contributed by atoms with Crippen LogP contribution in [0.1, 0.15) is 5.56 Å². The van der Waals surface area contributed by atoms with E-state index in [1.165, 1.54) is 11.6 Å². The fourth-order valence-corrected chi connectivity index (χ4v) is 4.73. The Balaban J connectivity index is 1.36. The molecular formula is C21H19N3O2S. The molecule has 1 aliphatic rings. The number of rotatable bonds is 3. The Bertz CT molecular complexity index is 1140. The molecule has 1 fully saturated rings. The molecule has 6 heteroatoms. The maximum Gasteiger partial charge on any atom is 0.336 e. The van der Waals surface area contributed by atoms with Crippen molar-refractivity contribution >= 4 is 37.7 Å². The summed E-state index contributed by atoms with van der Waals surface area (Å²) < 4.78 is 6.38. The second kappa shape index (κ2) is 6.79. The van der Waals surface area contributed by atoms with E-state index in [0.29, 0.717) is 5.58 Å². The predicted octanol–water partition coefficient (Wildman–Crippen LogP) is 3.72. The second-order valence-electron chi connectivity index (χ2n) is 6.83. The van der Waals surface area contributed by atoms with Gasteiger partial charge in [0.15, 0.2) is 5.13 Å². The molecule has 5 rings (SSSR count). The van der Waals surface area contributed by atoms with Crippen molar-refractivity contribution in [1.29, 1.82) is 0 Å². The fraction of sp³-hybridized carbons (Fsp3) is 0.238. The summed E-state index contributed by atoms with van der Waals surface area (Å²) in [4.78, 5) is 21.1. The van der Waals surface area contributed by atoms with E-state index >= 15 is 0 Å². The van der Waals surface area contributed by atoms with Crippen LogP contribution in [0.3, 0.4) is 0 Å². The number of piperazine rings is 1. The molecule has 1 saturated heterocycles. The minimum absolute atomic E-state index is 0.318. The minimum Gasteiger partial charge on any atom is -0.423 e. The molecule has 5 nitrogen and oxygen atoms in total. The molecule has 0 N–H and O–H groups in total. The number of nitrogens with zero attached hydrogens (tertiary/aromatic N) is 3. The molecule has 136 valence electrons. The average Bonchev–Trinajstić information content (AvgIpc) is 3.14. The van der Waals surface area contributed by atoms with Crippen molar-refractivity contribution in [2.45, 2.75) is 6.54 Å². The quantitative estimate of drug-likeness (QED) is 0.509. The van der Waals surface area contributed by atoms with E-state index < -0.39 is 0 Å². The van der Waals surface area contributed by atoms with Crippen LogP contribution < -0.4 is 10.5 Å². The monoisotopic (exact) mass is 377 g/mol. The summed E-state index contributed by atoms with van der Waals surface area (Å²) in [6.07, 6.45) is 0. The molecule has 1 aliphatic heterocycles. The number of fused-ring (bicyclic) bond motifs is 3. The zero-order valence-electron chi connectivity index (χ0n) is 14.8. The lowest BCUT2D eigenvalue weighted by atomic mass is 10.2. The van der Waals surface area contributed by atoms with Crippen molar-refractivity contribution in [2.24, 2.45) is 0 Å². The first kappa shape index (κ1) is 16.5. The van der Waals surface area contributed by atoms with Gasteiger partial charge in [-0.15, -0.1) is 0 Å². The van der Waals surface area contributed by atoms with Crippen LogP contribution in [0.15, 0.2) is 63.8 Å². The molecule has 0 spiro atoms. The van der Waals surface area contributed by atoms with E-state index in [1.807, 2.05) is 18.2 Å². The van der Waals surface area contributed by atoms with Crippen molar-refractivity contribution in [3.05, 3.63) is 70.6 Å². The summed E-state index contributed by atoms with van der Waals surface area (Å²) in [6.45, 7) is 5.00. The Morgan fingerprint density at radius 3 is 2.59 bits per heavy atom. The van der Waals surface area contributed by atoms with Gasteiger partial charge in [-0.2, -0.15) is 0 Å². The van der Waals surface area contributed by atoms with Gasteiger partial charge in [0.1, 0.15) is 5.58 Å². The summed E-state index contributed by atoms with van der Waals surface area (Å²) in [5.74, 6) is 0. The van der Waals surface area contributed by atoms with Crippen LogP contribution in [0, 0.1) is 0 Å². The minimum atomic E-state index is -0.318. The van der Waals surface area contributed by atoms with Gasteiger partial charge >= 0.3 is 5.63 Å². The lowest BCUT2D eigenvalue weighted by Gasteiger charge is -2.34. The molecular weight excluding hydrogens is 358 g/mol. The molecule has 0 bridgehead atoms. The molecule has 0 aliphatic carbocycles. The predicted molar refractivity (Wildman–Crippen MR) is 110 cm³/mol. The molecule has 2 aromatic heterocycles. The third-order valence-corrected chi connectivity index (χ3v) is 6.20. The molecule has 3 heterocycles. The molecule has 27 heavy (non-hydrogen) atoms. The van der Waals surface area contributed by atoms with Gasteiger partial charge in [0.2, 0.25) is 0 Å². The summed E-state index contributed by atoms with van der Waals surface area (Å²) in [7, 11) is 0. The Morgan fingerprint density at radius 2 is 1.78 bits per heavy atom. The van der Waals surface area contributed by atoms with E-state index in [2.05, 4.69) is 40.1 Å². The van der Waals surface area contributed by atoms with Crippen LogP contribution >= 0.6 is 11.3 Å². The third kappa shape index (κ3) is 3.22. The zero-order valence-corrected chi connectivity index (χ0v) is 15.6. The molecule has 0 saturated carbocycles. The van der Waals surface area contributed by atoms with Gasteiger partial charge in [0.05, 0.1) is 10.2 Å². The van der Waals surface area contributed by atoms with Gasteiger partial charge in [-0.25, -0.2) is 9.78 Å². The van der Waals surface area contributed by atoms with Gasteiger partial charge in [-0.3, -0.25) is 4.90 Å². The number of hydrogen-bond acceptors (Lipinski definition) is 6. The van der Waals surface area contributed by atoms with E-state index in [0.717, 1.165) is 53.5 Å². The molecule has 0 radical (unpaired) electrons. The topological polar surface area (TPSA) is 49.6 Å². The van der Waals surface area contributed by atoms with E-state index in [-0.39, 0.29) is 5.63 Å². The maximum absolute atomic E-state index is 11.4. The number of hydrogen-bond donors (Lipinski definition) is 0. The van der Waals surface area contributed by atoms with Crippen LogP contribution in [0.2, 0.25) is 0 Å². The lowest BCUT2D eigenvalue weighted by molar-refractivity contribution is 0.250. The third-order valence-electron chi connectivity index (χ3n) is 5.03. The van der Waals surface area contributed by atoms with Gasteiger partial charge in [-0.1, -0.05) is 41.7 Å². The van der Waals surface area contributed by atoms with Crippen molar-refractivity contribution < 1.29 is 4.42 Å². The summed E-state index contributed by atoms with van der Waals surface area (Å²) >= 11 is 1.68. The van der Waals surface area contributed by atoms with Crippen LogP contribution in [0.5, 0.6) is 0 Å². The van der Waals surface area contributed by atoms with Crippen LogP contribution in [-0.4, -0.2) is 36.1 Å². The molecule has 4 aromatic rings. The van der Waals surface area contributed by atoms with Gasteiger partial charge in [-0.05, 0) is 23.8 Å². The second-order valence-corrected chi connectivity index (χ2v) is 7.80. The van der Waals surface area contributed by atoms with E-state index in [1.54, 1.807) is 11.3 Å². The molecule has 0 amide bonds. The van der Waals surface area contributed by atoms with E-state index in [4.69, 9.17) is 9.40 Å². The summed E-state index contributed by atoms with van der Waals surface area (Å²) in [5.41, 5.74) is 2.63. The molecule has 0 atom stereocenters. The number of anilines is 1. The summed E-state index contributed by atoms with van der Waals surface area (Å²) in [6, 6.07) is 17.7. The highest BCUT2D eigenvalue weighted by molar-refractivity contribution is 7.23. The van der Waals surface area contributed by atoms with Crippen molar-refractivity contribution in [3.63, 3.8) is 0 Å².